The van der Waals surface area contributed by atoms with E-state index in [9.17, 15) is 4.79 Å². The van der Waals surface area contributed by atoms with Gasteiger partial charge in [0, 0.05) is 5.56 Å². The van der Waals surface area contributed by atoms with Crippen molar-refractivity contribution in [3.05, 3.63) is 35.9 Å². The molecule has 0 N–H and O–H groups in total. The summed E-state index contributed by atoms with van der Waals surface area (Å²) in [7, 11) is 0. The van der Waals surface area contributed by atoms with E-state index >= 15 is 0 Å². The molecule has 0 heterocycles. The molecule has 0 saturated carbocycles. The number of benzene rings is 1. The van der Waals surface area contributed by atoms with Crippen molar-refractivity contribution < 1.29 is 4.79 Å². The van der Waals surface area contributed by atoms with E-state index in [0.29, 0.717) is 6.42 Å². The SMILES string of the molecule is O=CCC#Cc1ccccc1. The van der Waals surface area contributed by atoms with Crippen LogP contribution in [0.25, 0.3) is 0 Å². The maximum absolute atomic E-state index is 9.89. The minimum Gasteiger partial charge on any atom is -0.302 e. The van der Waals surface area contributed by atoms with E-state index in [-0.39, 0.29) is 0 Å². The van der Waals surface area contributed by atoms with Crippen LogP contribution in [0, 0.1) is 11.8 Å². The van der Waals surface area contributed by atoms with Crippen molar-refractivity contribution in [1.82, 2.24) is 0 Å². The highest BCUT2D eigenvalue weighted by Crippen LogP contribution is 1.94. The smallest absolute Gasteiger partial charge is 0.131 e. The number of carbonyl (C=O) groups is 1. The van der Waals surface area contributed by atoms with Gasteiger partial charge in [-0.05, 0) is 12.1 Å². The lowest BCUT2D eigenvalue weighted by Gasteiger charge is -1.84. The van der Waals surface area contributed by atoms with Gasteiger partial charge in [0.1, 0.15) is 6.29 Å². The molecule has 1 aromatic rings. The fraction of sp³-hybridized carbons (Fsp3) is 0.100. The van der Waals surface area contributed by atoms with Gasteiger partial charge >= 0.3 is 0 Å². The Morgan fingerprint density at radius 3 is 2.64 bits per heavy atom. The Kier molecular flexibility index (Phi) is 2.95. The summed E-state index contributed by atoms with van der Waals surface area (Å²) in [5.41, 5.74) is 0.953. The molecule has 0 saturated heterocycles. The van der Waals surface area contributed by atoms with Gasteiger partial charge in [-0.2, -0.15) is 0 Å². The first kappa shape index (κ1) is 7.56. The zero-order valence-corrected chi connectivity index (χ0v) is 6.08. The van der Waals surface area contributed by atoms with E-state index < -0.39 is 0 Å². The number of hydrogen-bond donors (Lipinski definition) is 0. The molecular formula is C10H8O. The van der Waals surface area contributed by atoms with E-state index in [0.717, 1.165) is 11.8 Å². The summed E-state index contributed by atoms with van der Waals surface area (Å²) in [6.45, 7) is 0. The zero-order valence-electron chi connectivity index (χ0n) is 6.08. The molecule has 1 aromatic carbocycles. The van der Waals surface area contributed by atoms with E-state index in [1.165, 1.54) is 0 Å². The Morgan fingerprint density at radius 1 is 1.27 bits per heavy atom. The summed E-state index contributed by atoms with van der Waals surface area (Å²) in [6, 6.07) is 9.61. The van der Waals surface area contributed by atoms with Crippen LogP contribution < -0.4 is 0 Å². The third kappa shape index (κ3) is 2.68. The molecule has 0 spiro atoms. The highest BCUT2D eigenvalue weighted by atomic mass is 16.1. The molecule has 0 aliphatic rings. The standard InChI is InChI=1S/C10H8O/c11-9-5-4-8-10-6-2-1-3-7-10/h1-3,6-7,9H,5H2. The molecule has 0 radical (unpaired) electrons. The summed E-state index contributed by atoms with van der Waals surface area (Å²) in [6.07, 6.45) is 1.12. The van der Waals surface area contributed by atoms with E-state index in [1.54, 1.807) is 0 Å². The van der Waals surface area contributed by atoms with Gasteiger partial charge in [-0.25, -0.2) is 0 Å². The third-order valence-corrected chi connectivity index (χ3v) is 1.19. The number of rotatable bonds is 1. The molecule has 0 bridgehead atoms. The summed E-state index contributed by atoms with van der Waals surface area (Å²) < 4.78 is 0. The Hall–Kier alpha value is -1.55. The predicted molar refractivity (Wildman–Crippen MR) is 44.0 cm³/mol. The Morgan fingerprint density at radius 2 is 2.00 bits per heavy atom. The molecule has 0 aliphatic carbocycles. The lowest BCUT2D eigenvalue weighted by molar-refractivity contribution is -0.107. The number of aldehydes is 1. The Labute approximate surface area is 66.1 Å². The van der Waals surface area contributed by atoms with Crippen molar-refractivity contribution in [2.45, 2.75) is 6.42 Å². The molecule has 0 fully saturated rings. The van der Waals surface area contributed by atoms with Crippen LogP contribution in [0.15, 0.2) is 30.3 Å². The number of hydrogen-bond acceptors (Lipinski definition) is 1. The van der Waals surface area contributed by atoms with E-state index in [2.05, 4.69) is 11.8 Å². The van der Waals surface area contributed by atoms with Crippen LogP contribution in [0.3, 0.4) is 0 Å². The quantitative estimate of drug-likeness (QED) is 0.432. The minimum absolute atomic E-state index is 0.314. The van der Waals surface area contributed by atoms with Crippen molar-refractivity contribution in [2.75, 3.05) is 0 Å². The summed E-state index contributed by atoms with van der Waals surface area (Å²) in [5.74, 6) is 5.60. The molecule has 0 unspecified atom stereocenters. The molecular weight excluding hydrogens is 136 g/mol. The lowest BCUT2D eigenvalue weighted by Crippen LogP contribution is -1.71. The first-order valence-corrected chi connectivity index (χ1v) is 3.41. The molecule has 11 heavy (non-hydrogen) atoms. The second-order valence-corrected chi connectivity index (χ2v) is 2.04. The fourth-order valence-electron chi connectivity index (χ4n) is 0.716. The molecule has 1 heteroatoms. The van der Waals surface area contributed by atoms with Gasteiger partial charge < -0.3 is 4.79 Å². The largest absolute Gasteiger partial charge is 0.302 e. The van der Waals surface area contributed by atoms with E-state index in [1.807, 2.05) is 30.3 Å². The van der Waals surface area contributed by atoms with Gasteiger partial charge in [0.2, 0.25) is 0 Å². The highest BCUT2D eigenvalue weighted by Gasteiger charge is 1.79. The fourth-order valence-corrected chi connectivity index (χ4v) is 0.716. The molecule has 1 nitrogen and oxygen atoms in total. The van der Waals surface area contributed by atoms with Gasteiger partial charge in [0.05, 0.1) is 6.42 Å². The number of carbonyl (C=O) groups excluding carboxylic acids is 1. The predicted octanol–water partition coefficient (Wildman–Crippen LogP) is 1.63. The van der Waals surface area contributed by atoms with E-state index in [4.69, 9.17) is 0 Å². The van der Waals surface area contributed by atoms with Crippen LogP contribution in [-0.4, -0.2) is 6.29 Å². The van der Waals surface area contributed by atoms with Crippen molar-refractivity contribution in [3.8, 4) is 11.8 Å². The summed E-state index contributed by atoms with van der Waals surface area (Å²) in [4.78, 5) is 9.89. The van der Waals surface area contributed by atoms with Crippen molar-refractivity contribution >= 4 is 6.29 Å². The maximum Gasteiger partial charge on any atom is 0.131 e. The lowest BCUT2D eigenvalue weighted by atomic mass is 10.2. The van der Waals surface area contributed by atoms with Gasteiger partial charge in [0.15, 0.2) is 0 Å². The van der Waals surface area contributed by atoms with Crippen LogP contribution in [0.1, 0.15) is 12.0 Å². The van der Waals surface area contributed by atoms with Gasteiger partial charge in [-0.15, -0.1) is 0 Å². The Balaban J connectivity index is 2.66. The first-order chi connectivity index (χ1) is 5.43. The van der Waals surface area contributed by atoms with Crippen LogP contribution in [0.4, 0.5) is 0 Å². The molecule has 54 valence electrons. The van der Waals surface area contributed by atoms with Crippen molar-refractivity contribution in [2.24, 2.45) is 0 Å². The molecule has 0 aromatic heterocycles. The second-order valence-electron chi connectivity index (χ2n) is 2.04. The monoisotopic (exact) mass is 144 g/mol. The maximum atomic E-state index is 9.89. The minimum atomic E-state index is 0.314. The third-order valence-electron chi connectivity index (χ3n) is 1.19. The van der Waals surface area contributed by atoms with Crippen LogP contribution in [-0.2, 0) is 4.79 Å². The van der Waals surface area contributed by atoms with Crippen LogP contribution in [0.2, 0.25) is 0 Å². The van der Waals surface area contributed by atoms with Gasteiger partial charge in [0.25, 0.3) is 0 Å². The van der Waals surface area contributed by atoms with Gasteiger partial charge in [-0.1, -0.05) is 30.0 Å². The van der Waals surface area contributed by atoms with Crippen LogP contribution >= 0.6 is 0 Å². The Bertz CT molecular complexity index is 277. The summed E-state index contributed by atoms with van der Waals surface area (Å²) in [5, 5.41) is 0. The molecule has 0 atom stereocenters. The summed E-state index contributed by atoms with van der Waals surface area (Å²) >= 11 is 0. The average molecular weight is 144 g/mol. The molecule has 1 rings (SSSR count). The molecule has 0 amide bonds. The van der Waals surface area contributed by atoms with Crippen molar-refractivity contribution in [3.63, 3.8) is 0 Å². The molecule has 0 aliphatic heterocycles. The highest BCUT2D eigenvalue weighted by molar-refractivity contribution is 5.54. The first-order valence-electron chi connectivity index (χ1n) is 3.41. The second kappa shape index (κ2) is 4.29. The topological polar surface area (TPSA) is 17.1 Å². The normalized spacial score (nSPS) is 8.00. The zero-order chi connectivity index (χ0) is 7.94. The van der Waals surface area contributed by atoms with Crippen molar-refractivity contribution in [1.29, 1.82) is 0 Å². The average Bonchev–Trinajstić information content (AvgIpc) is 2.07. The van der Waals surface area contributed by atoms with Crippen LogP contribution in [0.5, 0.6) is 0 Å². The van der Waals surface area contributed by atoms with Gasteiger partial charge in [-0.3, -0.25) is 0 Å².